The van der Waals surface area contributed by atoms with Crippen molar-refractivity contribution in [2.75, 3.05) is 6.61 Å². The zero-order valence-corrected chi connectivity index (χ0v) is 7.58. The molecule has 0 amide bonds. The van der Waals surface area contributed by atoms with Gasteiger partial charge < -0.3 is 4.89 Å². The topological polar surface area (TPSA) is 55.8 Å². The highest BCUT2D eigenvalue weighted by atomic mass is 31.2. The monoisotopic (exact) mass is 180 g/mol. The molecule has 1 N–H and O–H groups in total. The van der Waals surface area contributed by atoms with Gasteiger partial charge in [-0.3, -0.25) is 9.05 Å². The van der Waals surface area contributed by atoms with Crippen LogP contribution in [0.25, 0.3) is 0 Å². The Balaban J connectivity index is 2.48. The summed E-state index contributed by atoms with van der Waals surface area (Å²) in [6.45, 7) is 4.22. The molecule has 0 aromatic heterocycles. The Hall–Kier alpha value is 0.110. The van der Waals surface area contributed by atoms with Crippen molar-refractivity contribution in [1.82, 2.24) is 0 Å². The van der Waals surface area contributed by atoms with Gasteiger partial charge in [-0.05, 0) is 5.92 Å². The summed E-state index contributed by atoms with van der Waals surface area (Å²) in [4.78, 5) is 8.82. The van der Waals surface area contributed by atoms with Gasteiger partial charge in [0.1, 0.15) is 0 Å². The zero-order valence-electron chi connectivity index (χ0n) is 6.69. The van der Waals surface area contributed by atoms with Crippen LogP contribution in [0.3, 0.4) is 0 Å². The third-order valence-electron chi connectivity index (χ3n) is 1.95. The lowest BCUT2D eigenvalue weighted by Gasteiger charge is -2.13. The molecule has 0 aromatic rings. The van der Waals surface area contributed by atoms with Gasteiger partial charge in [0, 0.05) is 0 Å². The first-order valence-electron chi connectivity index (χ1n) is 3.71. The summed E-state index contributed by atoms with van der Waals surface area (Å²) in [5.74, 6) is 0.276. The van der Waals surface area contributed by atoms with Crippen LogP contribution in [0.15, 0.2) is 0 Å². The maximum atomic E-state index is 10.8. The van der Waals surface area contributed by atoms with Crippen LogP contribution in [0.1, 0.15) is 20.3 Å². The van der Waals surface area contributed by atoms with E-state index in [1.165, 1.54) is 0 Å². The smallest absolute Gasteiger partial charge is 0.302 e. The van der Waals surface area contributed by atoms with Gasteiger partial charge in [0.25, 0.3) is 0 Å². The minimum absolute atomic E-state index is 0.212. The highest BCUT2D eigenvalue weighted by Crippen LogP contribution is 2.51. The minimum Gasteiger partial charge on any atom is -0.302 e. The lowest BCUT2D eigenvalue weighted by Crippen LogP contribution is -2.18. The van der Waals surface area contributed by atoms with Crippen molar-refractivity contribution in [2.45, 2.75) is 26.4 Å². The predicted molar refractivity (Wildman–Crippen MR) is 40.1 cm³/mol. The van der Waals surface area contributed by atoms with Crippen LogP contribution in [0.2, 0.25) is 0 Å². The molecule has 11 heavy (non-hydrogen) atoms. The fourth-order valence-corrected chi connectivity index (χ4v) is 1.94. The number of phosphoric acid groups is 1. The Bertz CT molecular complexity index is 181. The van der Waals surface area contributed by atoms with E-state index in [2.05, 4.69) is 4.52 Å². The van der Waals surface area contributed by atoms with Gasteiger partial charge >= 0.3 is 7.82 Å². The third kappa shape index (κ3) is 2.27. The van der Waals surface area contributed by atoms with E-state index in [0.29, 0.717) is 0 Å². The molecule has 1 heterocycles. The molecular formula is C6H13O4P. The molecule has 0 aliphatic carbocycles. The summed E-state index contributed by atoms with van der Waals surface area (Å²) in [6, 6.07) is 0. The van der Waals surface area contributed by atoms with Gasteiger partial charge in [-0.2, -0.15) is 0 Å². The molecule has 0 saturated carbocycles. The van der Waals surface area contributed by atoms with Crippen LogP contribution in [0.4, 0.5) is 0 Å². The fourth-order valence-electron chi connectivity index (χ4n) is 0.931. The molecule has 1 aliphatic rings. The zero-order chi connectivity index (χ0) is 8.48. The number of hydrogen-bond donors (Lipinski definition) is 1. The number of hydrogen-bond acceptors (Lipinski definition) is 3. The molecule has 1 aliphatic heterocycles. The van der Waals surface area contributed by atoms with Crippen LogP contribution in [0.5, 0.6) is 0 Å². The van der Waals surface area contributed by atoms with Crippen molar-refractivity contribution in [2.24, 2.45) is 5.92 Å². The Morgan fingerprint density at radius 1 is 1.82 bits per heavy atom. The molecule has 1 saturated heterocycles. The Kier molecular flexibility index (Phi) is 2.70. The quantitative estimate of drug-likeness (QED) is 0.655. The maximum Gasteiger partial charge on any atom is 0.472 e. The van der Waals surface area contributed by atoms with E-state index in [-0.39, 0.29) is 18.6 Å². The summed E-state index contributed by atoms with van der Waals surface area (Å²) >= 11 is 0. The summed E-state index contributed by atoms with van der Waals surface area (Å²) < 4.78 is 20.1. The van der Waals surface area contributed by atoms with Crippen LogP contribution in [-0.4, -0.2) is 17.6 Å². The van der Waals surface area contributed by atoms with Gasteiger partial charge in [0.2, 0.25) is 0 Å². The third-order valence-corrected chi connectivity index (χ3v) is 2.96. The van der Waals surface area contributed by atoms with Crippen LogP contribution in [-0.2, 0) is 13.6 Å². The normalized spacial score (nSPS) is 40.8. The molecule has 4 nitrogen and oxygen atoms in total. The molecule has 3 atom stereocenters. The molecule has 66 valence electrons. The Morgan fingerprint density at radius 3 is 2.82 bits per heavy atom. The molecule has 0 aromatic carbocycles. The van der Waals surface area contributed by atoms with Crippen molar-refractivity contribution in [1.29, 1.82) is 0 Å². The first-order chi connectivity index (χ1) is 5.05. The molecular weight excluding hydrogens is 167 g/mol. The lowest BCUT2D eigenvalue weighted by atomic mass is 10.0. The van der Waals surface area contributed by atoms with Crippen molar-refractivity contribution in [3.05, 3.63) is 0 Å². The van der Waals surface area contributed by atoms with Crippen LogP contribution < -0.4 is 0 Å². The highest BCUT2D eigenvalue weighted by molar-refractivity contribution is 7.47. The van der Waals surface area contributed by atoms with Crippen LogP contribution in [0, 0.1) is 5.92 Å². The van der Waals surface area contributed by atoms with E-state index in [9.17, 15) is 4.57 Å². The summed E-state index contributed by atoms with van der Waals surface area (Å²) in [5.41, 5.74) is 0. The summed E-state index contributed by atoms with van der Waals surface area (Å²) in [6.07, 6.45) is 0.712. The van der Waals surface area contributed by atoms with Crippen molar-refractivity contribution in [3.8, 4) is 0 Å². The molecule has 1 rings (SSSR count). The van der Waals surface area contributed by atoms with Crippen molar-refractivity contribution in [3.63, 3.8) is 0 Å². The van der Waals surface area contributed by atoms with Gasteiger partial charge in [-0.15, -0.1) is 0 Å². The first-order valence-corrected chi connectivity index (χ1v) is 5.20. The van der Waals surface area contributed by atoms with E-state index in [1.807, 2.05) is 13.8 Å². The second-order valence-electron chi connectivity index (χ2n) is 2.79. The number of rotatable bonds is 2. The highest BCUT2D eigenvalue weighted by Gasteiger charge is 2.37. The Labute approximate surface area is 66.1 Å². The predicted octanol–water partition coefficient (Wildman–Crippen LogP) is 1.55. The summed E-state index contributed by atoms with van der Waals surface area (Å²) in [7, 11) is -3.67. The van der Waals surface area contributed by atoms with E-state index in [4.69, 9.17) is 9.42 Å². The van der Waals surface area contributed by atoms with Crippen molar-refractivity contribution < 1.29 is 18.5 Å². The standard InChI is InChI=1S/C6H13O4P/c1-3-5(2)6-4-9-11(7,8)10-6/h5-6H,3-4H2,1-2H3,(H,7,8). The molecule has 0 spiro atoms. The molecule has 0 bridgehead atoms. The Morgan fingerprint density at radius 2 is 2.45 bits per heavy atom. The summed E-state index contributed by atoms with van der Waals surface area (Å²) in [5, 5.41) is 0. The largest absolute Gasteiger partial charge is 0.472 e. The van der Waals surface area contributed by atoms with Crippen LogP contribution >= 0.6 is 7.82 Å². The van der Waals surface area contributed by atoms with Gasteiger partial charge in [-0.25, -0.2) is 4.57 Å². The van der Waals surface area contributed by atoms with E-state index in [0.717, 1.165) is 6.42 Å². The SMILES string of the molecule is CCC(C)C1COP(=O)(O)O1. The average Bonchev–Trinajstić information content (AvgIpc) is 2.29. The van der Waals surface area contributed by atoms with E-state index >= 15 is 0 Å². The second-order valence-corrected chi connectivity index (χ2v) is 4.20. The second kappa shape index (κ2) is 3.23. The molecule has 1 fully saturated rings. The van der Waals surface area contributed by atoms with Gasteiger partial charge in [0.15, 0.2) is 0 Å². The fraction of sp³-hybridized carbons (Fsp3) is 1.00. The van der Waals surface area contributed by atoms with E-state index in [1.54, 1.807) is 0 Å². The van der Waals surface area contributed by atoms with Gasteiger partial charge in [0.05, 0.1) is 12.7 Å². The first kappa shape index (κ1) is 9.20. The minimum atomic E-state index is -3.67. The lowest BCUT2D eigenvalue weighted by molar-refractivity contribution is 0.155. The molecule has 0 radical (unpaired) electrons. The average molecular weight is 180 g/mol. The maximum absolute atomic E-state index is 10.8. The van der Waals surface area contributed by atoms with E-state index < -0.39 is 7.82 Å². The molecule has 3 unspecified atom stereocenters. The van der Waals surface area contributed by atoms with Crippen molar-refractivity contribution >= 4 is 7.82 Å². The van der Waals surface area contributed by atoms with Gasteiger partial charge in [-0.1, -0.05) is 20.3 Å². The molecule has 5 heteroatoms. The number of phosphoric ester groups is 1.